The van der Waals surface area contributed by atoms with Crippen molar-refractivity contribution < 1.29 is 53.9 Å². The van der Waals surface area contributed by atoms with E-state index < -0.39 is 11.9 Å². The Hall–Kier alpha value is -0.0957. The largest absolute Gasteiger partial charge is 2.00 e. The van der Waals surface area contributed by atoms with E-state index in [1.54, 1.807) is 0 Å². The molecule has 0 aliphatic carbocycles. The quantitative estimate of drug-likeness (QED) is 0.301. The Morgan fingerprint density at radius 3 is 1.11 bits per heavy atom. The minimum absolute atomic E-state index is 0. The Bertz CT molecular complexity index is 84.6. The van der Waals surface area contributed by atoms with Gasteiger partial charge in [-0.15, -0.1) is 0 Å². The third-order valence-corrected chi connectivity index (χ3v) is 0.167. The van der Waals surface area contributed by atoms with E-state index in [0.29, 0.717) is 0 Å². The molecule has 0 aromatic heterocycles. The van der Waals surface area contributed by atoms with Gasteiger partial charge in [0.1, 0.15) is 0 Å². The van der Waals surface area contributed by atoms with Crippen LogP contribution in [0.5, 0.6) is 0 Å². The van der Waals surface area contributed by atoms with Crippen LogP contribution in [-0.2, 0) is 31.3 Å². The molecule has 0 aromatic rings. The van der Waals surface area contributed by atoms with Crippen LogP contribution in [0.25, 0.3) is 0 Å². The number of hydrogen-bond donors (Lipinski definition) is 1. The van der Waals surface area contributed by atoms with E-state index in [1.165, 1.54) is 0 Å². The molecular weight excluding hydrogens is 185 g/mol. The van der Waals surface area contributed by atoms with Crippen LogP contribution >= 0.6 is 0 Å². The number of rotatable bonds is 0. The van der Waals surface area contributed by atoms with E-state index in [4.69, 9.17) is 19.8 Å². The summed E-state index contributed by atoms with van der Waals surface area (Å²) in [6.45, 7) is 0. The average molecular weight is 189 g/mol. The molecule has 0 fully saturated rings. The standard InChI is InChI=1S/C2H2O4.ClH.H3N.Ti/c3-1(4)2(5)6;;;/h(H,3,4)(H,5,6);1H;1H3;/q;;;+2/p-2. The zero-order chi connectivity index (χ0) is 5.15. The zero-order valence-corrected chi connectivity index (χ0v) is 6.83. The first-order valence-electron chi connectivity index (χ1n) is 1.07. The predicted octanol–water partition coefficient (Wildman–Crippen LogP) is -6.14. The van der Waals surface area contributed by atoms with E-state index in [-0.39, 0.29) is 40.3 Å². The predicted molar refractivity (Wildman–Crippen MR) is 16.0 cm³/mol. The van der Waals surface area contributed by atoms with Crippen molar-refractivity contribution in [2.24, 2.45) is 0 Å². The summed E-state index contributed by atoms with van der Waals surface area (Å²) in [6.07, 6.45) is 0. The van der Waals surface area contributed by atoms with Gasteiger partial charge in [0.2, 0.25) is 0 Å². The van der Waals surface area contributed by atoms with Crippen LogP contribution < -0.4 is 28.8 Å². The number of carboxylic acid groups (broad SMARTS) is 2. The first-order chi connectivity index (χ1) is 2.64. The number of halogens is 1. The van der Waals surface area contributed by atoms with Crippen molar-refractivity contribution in [2.75, 3.05) is 0 Å². The molecule has 0 saturated heterocycles. The summed E-state index contributed by atoms with van der Waals surface area (Å²) in [7, 11) is 0. The number of carbonyl (C=O) groups is 2. The molecule has 0 radical (unpaired) electrons. The SMILES string of the molecule is O=C([O-])C(=O)[O-].[Cl-].[NH4+].[Ti+2]. The second kappa shape index (κ2) is 10.8. The maximum atomic E-state index is 8.93. The van der Waals surface area contributed by atoms with Crippen molar-refractivity contribution >= 4 is 11.9 Å². The summed E-state index contributed by atoms with van der Waals surface area (Å²) in [5.74, 6) is -4.37. The summed E-state index contributed by atoms with van der Waals surface area (Å²) in [4.78, 5) is 17.9. The van der Waals surface area contributed by atoms with Gasteiger partial charge >= 0.3 is 21.7 Å². The molecule has 9 heavy (non-hydrogen) atoms. The Morgan fingerprint density at radius 1 is 1.00 bits per heavy atom. The summed E-state index contributed by atoms with van der Waals surface area (Å²) < 4.78 is 0. The van der Waals surface area contributed by atoms with E-state index in [0.717, 1.165) is 0 Å². The van der Waals surface area contributed by atoms with E-state index in [1.807, 2.05) is 0 Å². The summed E-state index contributed by atoms with van der Waals surface area (Å²) in [5, 5.41) is 17.9. The van der Waals surface area contributed by atoms with Gasteiger partial charge in [-0.25, -0.2) is 0 Å². The maximum absolute atomic E-state index is 8.93. The molecule has 0 amide bonds. The smallest absolute Gasteiger partial charge is 1.00 e. The van der Waals surface area contributed by atoms with Gasteiger partial charge in [-0.1, -0.05) is 0 Å². The topological polar surface area (TPSA) is 117 Å². The molecule has 0 bridgehead atoms. The third kappa shape index (κ3) is 18.1. The van der Waals surface area contributed by atoms with Crippen LogP contribution in [0.2, 0.25) is 0 Å². The van der Waals surface area contributed by atoms with Gasteiger partial charge in [-0.3, -0.25) is 0 Å². The number of hydrogen-bond acceptors (Lipinski definition) is 4. The molecule has 0 spiro atoms. The van der Waals surface area contributed by atoms with Crippen LogP contribution in [0.3, 0.4) is 0 Å². The number of quaternary nitrogens is 1. The Labute approximate surface area is 72.3 Å². The first kappa shape index (κ1) is 23.1. The molecule has 7 heteroatoms. The van der Waals surface area contributed by atoms with Gasteiger partial charge in [0.15, 0.2) is 0 Å². The van der Waals surface area contributed by atoms with E-state index in [2.05, 4.69) is 0 Å². The third-order valence-electron chi connectivity index (χ3n) is 0.167. The van der Waals surface area contributed by atoms with Crippen LogP contribution in [0.1, 0.15) is 0 Å². The molecule has 0 unspecified atom stereocenters. The fraction of sp³-hybridized carbons (Fsp3) is 0. The van der Waals surface area contributed by atoms with Gasteiger partial charge in [0, 0.05) is 0 Å². The van der Waals surface area contributed by atoms with Gasteiger partial charge in [-0.2, -0.15) is 0 Å². The summed E-state index contributed by atoms with van der Waals surface area (Å²) in [6, 6.07) is 0. The Kier molecular flexibility index (Phi) is 27.8. The molecule has 5 nitrogen and oxygen atoms in total. The van der Waals surface area contributed by atoms with Crippen LogP contribution in [0.4, 0.5) is 0 Å². The molecule has 0 atom stereocenters. The van der Waals surface area contributed by atoms with Crippen molar-refractivity contribution in [3.63, 3.8) is 0 Å². The number of aliphatic carboxylic acids is 2. The van der Waals surface area contributed by atoms with Crippen molar-refractivity contribution in [1.29, 1.82) is 0 Å². The van der Waals surface area contributed by atoms with Crippen molar-refractivity contribution in [2.45, 2.75) is 0 Å². The normalized spacial score (nSPS) is 4.89. The fourth-order valence-corrected chi connectivity index (χ4v) is 0. The minimum atomic E-state index is -2.19. The molecule has 0 aromatic carbocycles. The van der Waals surface area contributed by atoms with Crippen LogP contribution in [-0.4, -0.2) is 11.9 Å². The van der Waals surface area contributed by atoms with Crippen LogP contribution in [0, 0.1) is 0 Å². The maximum Gasteiger partial charge on any atom is 2.00 e. The van der Waals surface area contributed by atoms with Gasteiger partial charge in [0.05, 0.1) is 11.9 Å². The Balaban J connectivity index is -0.0000000417. The second-order valence-electron chi connectivity index (χ2n) is 0.575. The molecule has 0 heterocycles. The molecule has 0 aliphatic rings. The molecule has 52 valence electrons. The van der Waals surface area contributed by atoms with Gasteiger partial charge in [0.25, 0.3) is 0 Å². The van der Waals surface area contributed by atoms with E-state index in [9.17, 15) is 0 Å². The average Bonchev–Trinajstić information content (AvgIpc) is 1.36. The van der Waals surface area contributed by atoms with Crippen molar-refractivity contribution in [3.8, 4) is 0 Å². The molecule has 0 saturated carbocycles. The second-order valence-corrected chi connectivity index (χ2v) is 0.575. The molecule has 0 aliphatic heterocycles. The Morgan fingerprint density at radius 2 is 1.11 bits per heavy atom. The molecule has 4 N–H and O–H groups in total. The monoisotopic (exact) mass is 189 g/mol. The van der Waals surface area contributed by atoms with Gasteiger partial charge in [-0.05, 0) is 0 Å². The van der Waals surface area contributed by atoms with Crippen molar-refractivity contribution in [1.82, 2.24) is 6.15 Å². The van der Waals surface area contributed by atoms with Crippen molar-refractivity contribution in [3.05, 3.63) is 0 Å². The zero-order valence-electron chi connectivity index (χ0n) is 4.51. The first-order valence-corrected chi connectivity index (χ1v) is 1.07. The summed E-state index contributed by atoms with van der Waals surface area (Å²) in [5.41, 5.74) is 0. The summed E-state index contributed by atoms with van der Waals surface area (Å²) >= 11 is 0. The number of carboxylic acids is 2. The van der Waals surface area contributed by atoms with Crippen LogP contribution in [0.15, 0.2) is 0 Å². The molecular formula is C2H4ClNO4Ti. The minimum Gasteiger partial charge on any atom is -1.00 e. The fourth-order valence-electron chi connectivity index (χ4n) is 0. The number of carbonyl (C=O) groups excluding carboxylic acids is 2. The van der Waals surface area contributed by atoms with E-state index >= 15 is 0 Å². The molecule has 0 rings (SSSR count). The van der Waals surface area contributed by atoms with Gasteiger partial charge < -0.3 is 38.4 Å².